The molecular weight excluding hydrogens is 168 g/mol. The Morgan fingerprint density at radius 1 is 1.50 bits per heavy atom. The highest BCUT2D eigenvalue weighted by molar-refractivity contribution is 7.09. The molecule has 2 N–H and O–H groups in total. The highest BCUT2D eigenvalue weighted by Gasteiger charge is 2.20. The first-order valence-electron chi connectivity index (χ1n) is 4.36. The lowest BCUT2D eigenvalue weighted by Gasteiger charge is -2.25. The van der Waals surface area contributed by atoms with Crippen LogP contribution in [0.2, 0.25) is 0 Å². The van der Waals surface area contributed by atoms with Gasteiger partial charge in [0.25, 0.3) is 0 Å². The van der Waals surface area contributed by atoms with E-state index in [1.54, 1.807) is 11.3 Å². The molecule has 0 fully saturated rings. The summed E-state index contributed by atoms with van der Waals surface area (Å²) in [5.74, 6) is 0. The Morgan fingerprint density at radius 2 is 2.17 bits per heavy atom. The molecule has 12 heavy (non-hydrogen) atoms. The Labute approximate surface area is 77.8 Å². The van der Waals surface area contributed by atoms with Crippen molar-refractivity contribution in [2.45, 2.75) is 38.6 Å². The van der Waals surface area contributed by atoms with Gasteiger partial charge in [0, 0.05) is 23.0 Å². The third kappa shape index (κ3) is 2.29. The summed E-state index contributed by atoms with van der Waals surface area (Å²) in [7, 11) is 0. The van der Waals surface area contributed by atoms with E-state index in [9.17, 15) is 0 Å². The van der Waals surface area contributed by atoms with Crippen LogP contribution in [-0.4, -0.2) is 10.5 Å². The van der Waals surface area contributed by atoms with Gasteiger partial charge in [-0.1, -0.05) is 13.8 Å². The van der Waals surface area contributed by atoms with Crippen LogP contribution in [0.4, 0.5) is 0 Å². The zero-order valence-corrected chi connectivity index (χ0v) is 8.53. The maximum atomic E-state index is 6.17. The van der Waals surface area contributed by atoms with E-state index < -0.39 is 0 Å². The molecule has 0 aromatic carbocycles. The molecule has 0 saturated heterocycles. The first-order chi connectivity index (χ1) is 5.70. The van der Waals surface area contributed by atoms with E-state index >= 15 is 0 Å². The second kappa shape index (κ2) is 4.01. The topological polar surface area (TPSA) is 38.9 Å². The summed E-state index contributed by atoms with van der Waals surface area (Å²) < 4.78 is 0. The molecule has 2 nitrogen and oxygen atoms in total. The molecule has 0 saturated carbocycles. The summed E-state index contributed by atoms with van der Waals surface area (Å²) in [5.41, 5.74) is 8.01. The summed E-state index contributed by atoms with van der Waals surface area (Å²) in [6.45, 7) is 4.29. The Kier molecular flexibility index (Phi) is 3.23. The second-order valence-electron chi connectivity index (χ2n) is 3.21. The van der Waals surface area contributed by atoms with Crippen LogP contribution < -0.4 is 5.73 Å². The summed E-state index contributed by atoms with van der Waals surface area (Å²) in [6.07, 6.45) is 4.94. The summed E-state index contributed by atoms with van der Waals surface area (Å²) in [4.78, 5) is 5.33. The quantitative estimate of drug-likeness (QED) is 0.779. The fourth-order valence-electron chi connectivity index (χ4n) is 1.18. The lowest BCUT2D eigenvalue weighted by atomic mass is 9.90. The minimum atomic E-state index is -0.0213. The Morgan fingerprint density at radius 3 is 2.58 bits per heavy atom. The van der Waals surface area contributed by atoms with Crippen LogP contribution in [0.3, 0.4) is 0 Å². The average Bonchev–Trinajstić information content (AvgIpc) is 2.57. The van der Waals surface area contributed by atoms with Crippen LogP contribution in [0.5, 0.6) is 0 Å². The predicted octanol–water partition coefficient (Wildman–Crippen LogP) is 2.20. The fraction of sp³-hybridized carbons (Fsp3) is 0.667. The standard InChI is InChI=1S/C9H16N2S/c1-3-9(10,4-2)5-8-6-11-7-12-8/h6-7H,3-5,10H2,1-2H3. The number of hydrogen-bond acceptors (Lipinski definition) is 3. The Balaban J connectivity index is 2.60. The molecule has 0 atom stereocenters. The smallest absolute Gasteiger partial charge is 0.0794 e. The fourth-order valence-corrected chi connectivity index (χ4v) is 1.93. The van der Waals surface area contributed by atoms with E-state index in [1.165, 1.54) is 4.88 Å². The van der Waals surface area contributed by atoms with Gasteiger partial charge in [0.05, 0.1) is 5.51 Å². The van der Waals surface area contributed by atoms with Crippen molar-refractivity contribution in [1.82, 2.24) is 4.98 Å². The molecule has 68 valence electrons. The van der Waals surface area contributed by atoms with Gasteiger partial charge in [-0.2, -0.15) is 0 Å². The van der Waals surface area contributed by atoms with Gasteiger partial charge in [0.2, 0.25) is 0 Å². The molecule has 0 amide bonds. The van der Waals surface area contributed by atoms with Crippen molar-refractivity contribution in [3.63, 3.8) is 0 Å². The van der Waals surface area contributed by atoms with E-state index in [2.05, 4.69) is 18.8 Å². The van der Waals surface area contributed by atoms with Crippen molar-refractivity contribution >= 4 is 11.3 Å². The van der Waals surface area contributed by atoms with Crippen molar-refractivity contribution in [1.29, 1.82) is 0 Å². The number of nitrogens with zero attached hydrogens (tertiary/aromatic N) is 1. The summed E-state index contributed by atoms with van der Waals surface area (Å²) in [6, 6.07) is 0. The van der Waals surface area contributed by atoms with E-state index in [0.717, 1.165) is 19.3 Å². The van der Waals surface area contributed by atoms with Gasteiger partial charge in [-0.05, 0) is 12.8 Å². The first kappa shape index (κ1) is 9.68. The zero-order valence-electron chi connectivity index (χ0n) is 7.71. The summed E-state index contributed by atoms with van der Waals surface area (Å²) in [5, 5.41) is 0. The zero-order chi connectivity index (χ0) is 9.03. The highest BCUT2D eigenvalue weighted by atomic mass is 32.1. The van der Waals surface area contributed by atoms with Gasteiger partial charge in [-0.15, -0.1) is 11.3 Å². The molecular formula is C9H16N2S. The molecule has 0 aliphatic rings. The van der Waals surface area contributed by atoms with Crippen molar-refractivity contribution in [3.8, 4) is 0 Å². The Bertz CT molecular complexity index is 214. The van der Waals surface area contributed by atoms with Crippen LogP contribution in [0, 0.1) is 0 Å². The van der Waals surface area contributed by atoms with Gasteiger partial charge in [0.15, 0.2) is 0 Å². The minimum absolute atomic E-state index is 0.0213. The number of rotatable bonds is 4. The van der Waals surface area contributed by atoms with Crippen molar-refractivity contribution in [2.24, 2.45) is 5.73 Å². The Hall–Kier alpha value is -0.410. The maximum Gasteiger partial charge on any atom is 0.0794 e. The molecule has 0 spiro atoms. The number of nitrogens with two attached hydrogens (primary N) is 1. The van der Waals surface area contributed by atoms with Crippen LogP contribution in [0.1, 0.15) is 31.6 Å². The van der Waals surface area contributed by atoms with Crippen LogP contribution in [0.25, 0.3) is 0 Å². The third-order valence-electron chi connectivity index (χ3n) is 2.42. The number of hydrogen-bond donors (Lipinski definition) is 1. The molecule has 1 aromatic heterocycles. The molecule has 1 heterocycles. The molecule has 0 aliphatic carbocycles. The molecule has 0 aliphatic heterocycles. The number of aromatic nitrogens is 1. The van der Waals surface area contributed by atoms with Crippen LogP contribution >= 0.6 is 11.3 Å². The van der Waals surface area contributed by atoms with E-state index in [-0.39, 0.29) is 5.54 Å². The molecule has 1 rings (SSSR count). The van der Waals surface area contributed by atoms with E-state index in [0.29, 0.717) is 0 Å². The molecule has 1 aromatic rings. The van der Waals surface area contributed by atoms with Gasteiger partial charge < -0.3 is 5.73 Å². The van der Waals surface area contributed by atoms with Crippen LogP contribution in [0.15, 0.2) is 11.7 Å². The van der Waals surface area contributed by atoms with Crippen molar-refractivity contribution in [2.75, 3.05) is 0 Å². The van der Waals surface area contributed by atoms with Crippen molar-refractivity contribution in [3.05, 3.63) is 16.6 Å². The minimum Gasteiger partial charge on any atom is -0.325 e. The lowest BCUT2D eigenvalue weighted by Crippen LogP contribution is -2.40. The summed E-state index contributed by atoms with van der Waals surface area (Å²) >= 11 is 1.69. The highest BCUT2D eigenvalue weighted by Crippen LogP contribution is 2.20. The molecule has 0 unspecified atom stereocenters. The predicted molar refractivity (Wildman–Crippen MR) is 53.3 cm³/mol. The van der Waals surface area contributed by atoms with Crippen molar-refractivity contribution < 1.29 is 0 Å². The first-order valence-corrected chi connectivity index (χ1v) is 5.24. The van der Waals surface area contributed by atoms with Gasteiger partial charge >= 0.3 is 0 Å². The van der Waals surface area contributed by atoms with E-state index in [1.807, 2.05) is 11.7 Å². The van der Waals surface area contributed by atoms with Crippen LogP contribution in [-0.2, 0) is 6.42 Å². The molecule has 3 heteroatoms. The SMILES string of the molecule is CCC(N)(CC)Cc1cncs1. The van der Waals surface area contributed by atoms with Gasteiger partial charge in [-0.3, -0.25) is 4.98 Å². The maximum absolute atomic E-state index is 6.17. The van der Waals surface area contributed by atoms with E-state index in [4.69, 9.17) is 5.73 Å². The monoisotopic (exact) mass is 184 g/mol. The van der Waals surface area contributed by atoms with Gasteiger partial charge in [-0.25, -0.2) is 0 Å². The molecule has 0 bridgehead atoms. The largest absolute Gasteiger partial charge is 0.325 e. The third-order valence-corrected chi connectivity index (χ3v) is 3.20. The normalized spacial score (nSPS) is 11.9. The average molecular weight is 184 g/mol. The molecule has 0 radical (unpaired) electrons. The second-order valence-corrected chi connectivity index (χ2v) is 4.18. The van der Waals surface area contributed by atoms with Gasteiger partial charge in [0.1, 0.15) is 0 Å². The lowest BCUT2D eigenvalue weighted by molar-refractivity contribution is 0.396. The number of thiazole rings is 1.